The summed E-state index contributed by atoms with van der Waals surface area (Å²) in [5.41, 5.74) is 0.660. The van der Waals surface area contributed by atoms with Gasteiger partial charge in [-0.1, -0.05) is 0 Å². The SMILES string of the molecule is Cc1nn(C)c(Oc2cc(F)ccc2F)c1C#N. The van der Waals surface area contributed by atoms with Crippen molar-refractivity contribution in [2.24, 2.45) is 7.05 Å². The van der Waals surface area contributed by atoms with Crippen LogP contribution >= 0.6 is 0 Å². The van der Waals surface area contributed by atoms with Crippen LogP contribution in [0.25, 0.3) is 0 Å². The second kappa shape index (κ2) is 4.45. The zero-order valence-electron chi connectivity index (χ0n) is 9.74. The van der Waals surface area contributed by atoms with Gasteiger partial charge in [0.2, 0.25) is 5.88 Å². The Balaban J connectivity index is 2.46. The predicted octanol–water partition coefficient (Wildman–Crippen LogP) is 2.67. The molecule has 0 N–H and O–H groups in total. The average molecular weight is 249 g/mol. The highest BCUT2D eigenvalue weighted by Crippen LogP contribution is 2.28. The second-order valence-electron chi connectivity index (χ2n) is 3.68. The van der Waals surface area contributed by atoms with Crippen molar-refractivity contribution >= 4 is 0 Å². The van der Waals surface area contributed by atoms with E-state index in [1.165, 1.54) is 4.68 Å². The van der Waals surface area contributed by atoms with E-state index < -0.39 is 11.6 Å². The van der Waals surface area contributed by atoms with Crippen molar-refractivity contribution in [1.82, 2.24) is 9.78 Å². The van der Waals surface area contributed by atoms with Crippen LogP contribution in [0.3, 0.4) is 0 Å². The summed E-state index contributed by atoms with van der Waals surface area (Å²) in [5, 5.41) is 12.9. The predicted molar refractivity (Wildman–Crippen MR) is 59.1 cm³/mol. The van der Waals surface area contributed by atoms with Gasteiger partial charge in [-0.05, 0) is 19.1 Å². The van der Waals surface area contributed by atoms with E-state index in [1.54, 1.807) is 14.0 Å². The van der Waals surface area contributed by atoms with Crippen LogP contribution in [0.5, 0.6) is 11.6 Å². The first-order valence-electron chi connectivity index (χ1n) is 5.09. The number of nitriles is 1. The van der Waals surface area contributed by atoms with Crippen LogP contribution in [0.15, 0.2) is 18.2 Å². The summed E-state index contributed by atoms with van der Waals surface area (Å²) < 4.78 is 33.0. The summed E-state index contributed by atoms with van der Waals surface area (Å²) in [5.74, 6) is -1.53. The van der Waals surface area contributed by atoms with Crippen molar-refractivity contribution in [2.75, 3.05) is 0 Å². The van der Waals surface area contributed by atoms with Gasteiger partial charge >= 0.3 is 0 Å². The van der Waals surface area contributed by atoms with E-state index in [-0.39, 0.29) is 17.2 Å². The van der Waals surface area contributed by atoms with Gasteiger partial charge in [-0.3, -0.25) is 0 Å². The highest BCUT2D eigenvalue weighted by molar-refractivity contribution is 5.44. The van der Waals surface area contributed by atoms with E-state index in [1.807, 2.05) is 6.07 Å². The van der Waals surface area contributed by atoms with E-state index in [9.17, 15) is 8.78 Å². The topological polar surface area (TPSA) is 50.8 Å². The molecule has 0 aliphatic heterocycles. The third-order valence-corrected chi connectivity index (χ3v) is 2.38. The van der Waals surface area contributed by atoms with Crippen molar-refractivity contribution in [3.05, 3.63) is 41.1 Å². The molecule has 1 heterocycles. The quantitative estimate of drug-likeness (QED) is 0.822. The summed E-state index contributed by atoms with van der Waals surface area (Å²) in [4.78, 5) is 0. The minimum Gasteiger partial charge on any atom is -0.435 e. The highest BCUT2D eigenvalue weighted by atomic mass is 19.1. The molecular formula is C12H9F2N3O. The van der Waals surface area contributed by atoms with Crippen molar-refractivity contribution in [3.8, 4) is 17.7 Å². The molecule has 0 spiro atoms. The molecule has 0 fully saturated rings. The molecule has 0 saturated carbocycles. The molecule has 4 nitrogen and oxygen atoms in total. The molecule has 6 heteroatoms. The summed E-state index contributed by atoms with van der Waals surface area (Å²) in [7, 11) is 1.56. The van der Waals surface area contributed by atoms with Crippen LogP contribution in [0.2, 0.25) is 0 Å². The van der Waals surface area contributed by atoms with Crippen molar-refractivity contribution in [2.45, 2.75) is 6.92 Å². The summed E-state index contributed by atoms with van der Waals surface area (Å²) >= 11 is 0. The number of hydrogen-bond acceptors (Lipinski definition) is 3. The van der Waals surface area contributed by atoms with E-state index in [0.717, 1.165) is 18.2 Å². The largest absolute Gasteiger partial charge is 0.435 e. The number of aryl methyl sites for hydroxylation is 2. The summed E-state index contributed by atoms with van der Waals surface area (Å²) in [6.45, 7) is 1.63. The zero-order valence-corrected chi connectivity index (χ0v) is 9.74. The average Bonchev–Trinajstić information content (AvgIpc) is 2.58. The molecule has 0 atom stereocenters. The van der Waals surface area contributed by atoms with Crippen molar-refractivity contribution < 1.29 is 13.5 Å². The van der Waals surface area contributed by atoms with Gasteiger partial charge in [-0.15, -0.1) is 0 Å². The van der Waals surface area contributed by atoms with E-state index in [4.69, 9.17) is 10.00 Å². The number of halogens is 2. The molecule has 1 aromatic heterocycles. The Morgan fingerprint density at radius 3 is 2.78 bits per heavy atom. The lowest BCUT2D eigenvalue weighted by Crippen LogP contribution is -1.98. The molecule has 0 aliphatic carbocycles. The number of ether oxygens (including phenoxy) is 1. The molecule has 2 rings (SSSR count). The maximum atomic E-state index is 13.4. The van der Waals surface area contributed by atoms with Crippen LogP contribution in [-0.2, 0) is 7.05 Å². The lowest BCUT2D eigenvalue weighted by atomic mass is 10.3. The standard InChI is InChI=1S/C12H9F2N3O/c1-7-9(6-15)12(17(2)16-7)18-11-5-8(13)3-4-10(11)14/h3-5H,1-2H3. The maximum Gasteiger partial charge on any atom is 0.236 e. The Bertz CT molecular complexity index is 644. The van der Waals surface area contributed by atoms with E-state index in [0.29, 0.717) is 5.69 Å². The highest BCUT2D eigenvalue weighted by Gasteiger charge is 2.17. The molecule has 0 amide bonds. The summed E-state index contributed by atoms with van der Waals surface area (Å²) in [6, 6.07) is 4.78. The Labute approximate surface area is 102 Å². The second-order valence-corrected chi connectivity index (χ2v) is 3.68. The number of hydrogen-bond donors (Lipinski definition) is 0. The molecule has 1 aromatic carbocycles. The van der Waals surface area contributed by atoms with Gasteiger partial charge in [0.15, 0.2) is 11.6 Å². The molecule has 0 saturated heterocycles. The van der Waals surface area contributed by atoms with Crippen molar-refractivity contribution in [1.29, 1.82) is 5.26 Å². The minimum atomic E-state index is -0.709. The fourth-order valence-corrected chi connectivity index (χ4v) is 1.54. The van der Waals surface area contributed by atoms with E-state index in [2.05, 4.69) is 5.10 Å². The molecule has 0 aliphatic rings. The molecule has 0 radical (unpaired) electrons. The van der Waals surface area contributed by atoms with Crippen LogP contribution in [0, 0.1) is 29.9 Å². The van der Waals surface area contributed by atoms with Gasteiger partial charge in [-0.2, -0.15) is 10.4 Å². The molecular weight excluding hydrogens is 240 g/mol. The summed E-state index contributed by atoms with van der Waals surface area (Å²) in [6.07, 6.45) is 0. The monoisotopic (exact) mass is 249 g/mol. The normalized spacial score (nSPS) is 10.2. The van der Waals surface area contributed by atoms with Crippen molar-refractivity contribution in [3.63, 3.8) is 0 Å². The molecule has 2 aromatic rings. The lowest BCUT2D eigenvalue weighted by Gasteiger charge is -2.07. The third-order valence-electron chi connectivity index (χ3n) is 2.38. The number of rotatable bonds is 2. The smallest absolute Gasteiger partial charge is 0.236 e. The number of aromatic nitrogens is 2. The van der Waals surface area contributed by atoms with Crippen LogP contribution in [0.1, 0.15) is 11.3 Å². The number of benzene rings is 1. The minimum absolute atomic E-state index is 0.0829. The fraction of sp³-hybridized carbons (Fsp3) is 0.167. The molecule has 92 valence electrons. The Morgan fingerprint density at radius 1 is 1.39 bits per heavy atom. The van der Waals surface area contributed by atoms with Gasteiger partial charge in [0, 0.05) is 13.1 Å². The maximum absolute atomic E-state index is 13.4. The molecule has 0 bridgehead atoms. The van der Waals surface area contributed by atoms with Gasteiger partial charge in [0.05, 0.1) is 5.69 Å². The van der Waals surface area contributed by atoms with E-state index >= 15 is 0 Å². The van der Waals surface area contributed by atoms with Gasteiger partial charge < -0.3 is 4.74 Å². The molecule has 18 heavy (non-hydrogen) atoms. The third kappa shape index (κ3) is 2.02. The van der Waals surface area contributed by atoms with Gasteiger partial charge in [-0.25, -0.2) is 13.5 Å². The van der Waals surface area contributed by atoms with Gasteiger partial charge in [0.1, 0.15) is 17.4 Å². The van der Waals surface area contributed by atoms with Gasteiger partial charge in [0.25, 0.3) is 0 Å². The molecule has 0 unspecified atom stereocenters. The first-order chi connectivity index (χ1) is 8.52. The van der Waals surface area contributed by atoms with Crippen LogP contribution in [-0.4, -0.2) is 9.78 Å². The first-order valence-corrected chi connectivity index (χ1v) is 5.09. The Morgan fingerprint density at radius 2 is 2.11 bits per heavy atom. The fourth-order valence-electron chi connectivity index (χ4n) is 1.54. The lowest BCUT2D eigenvalue weighted by molar-refractivity contribution is 0.399. The zero-order chi connectivity index (χ0) is 13.3. The van der Waals surface area contributed by atoms with Crippen LogP contribution in [0.4, 0.5) is 8.78 Å². The first kappa shape index (κ1) is 12.0. The Kier molecular flexibility index (Phi) is 2.98. The van der Waals surface area contributed by atoms with Crippen LogP contribution < -0.4 is 4.74 Å². The number of nitrogens with zero attached hydrogens (tertiary/aromatic N) is 3. The Hall–Kier alpha value is -2.42.